The summed E-state index contributed by atoms with van der Waals surface area (Å²) in [6.07, 6.45) is 6.05. The highest BCUT2D eigenvalue weighted by molar-refractivity contribution is 6.03. The lowest BCUT2D eigenvalue weighted by molar-refractivity contribution is -0.122. The second-order valence-electron chi connectivity index (χ2n) is 5.44. The largest absolute Gasteiger partial charge is 0.368 e. The van der Waals surface area contributed by atoms with E-state index in [9.17, 15) is 10.1 Å². The predicted octanol–water partition coefficient (Wildman–Crippen LogP) is 3.00. The molecular weight excluding hydrogens is 278 g/mol. The van der Waals surface area contributed by atoms with Crippen molar-refractivity contribution in [2.24, 2.45) is 0 Å². The summed E-state index contributed by atoms with van der Waals surface area (Å²) in [5.41, 5.74) is 1.61. The third-order valence-corrected chi connectivity index (χ3v) is 3.91. The van der Waals surface area contributed by atoms with E-state index in [1.165, 1.54) is 19.0 Å². The minimum atomic E-state index is -0.236. The van der Waals surface area contributed by atoms with E-state index in [1.807, 2.05) is 24.3 Å². The second kappa shape index (κ2) is 6.54. The second-order valence-corrected chi connectivity index (χ2v) is 5.44. The van der Waals surface area contributed by atoms with Crippen molar-refractivity contribution in [3.63, 3.8) is 0 Å². The molecule has 5 heteroatoms. The van der Waals surface area contributed by atoms with Gasteiger partial charge in [0, 0.05) is 11.6 Å². The number of anilines is 1. The molecule has 0 spiro atoms. The standard InChI is InChI=1S/C17H17N3O2/c18-9-12-10-19-15-8-4-3-7-14(15)17(12)20-16(21)11-22-13-5-1-2-6-13/h3-4,7-8,10,13H,1-2,5-6,11H2,(H,19,20,21). The van der Waals surface area contributed by atoms with Crippen molar-refractivity contribution in [3.8, 4) is 6.07 Å². The summed E-state index contributed by atoms with van der Waals surface area (Å²) in [6, 6.07) is 9.49. The van der Waals surface area contributed by atoms with E-state index in [0.29, 0.717) is 11.3 Å². The Morgan fingerprint density at radius 2 is 2.14 bits per heavy atom. The molecule has 2 aromatic rings. The third-order valence-electron chi connectivity index (χ3n) is 3.91. The molecule has 5 nitrogen and oxygen atoms in total. The number of pyridine rings is 1. The van der Waals surface area contributed by atoms with Gasteiger partial charge < -0.3 is 10.1 Å². The van der Waals surface area contributed by atoms with Crippen molar-refractivity contribution in [1.82, 2.24) is 4.98 Å². The molecule has 0 aliphatic heterocycles. The first kappa shape index (κ1) is 14.5. The highest BCUT2D eigenvalue weighted by Crippen LogP contribution is 2.25. The summed E-state index contributed by atoms with van der Waals surface area (Å²) in [5.74, 6) is -0.236. The van der Waals surface area contributed by atoms with Crippen LogP contribution in [-0.2, 0) is 9.53 Å². The highest BCUT2D eigenvalue weighted by Gasteiger charge is 2.17. The van der Waals surface area contributed by atoms with Gasteiger partial charge in [0.2, 0.25) is 5.91 Å². The molecule has 1 aromatic heterocycles. The number of hydrogen-bond donors (Lipinski definition) is 1. The smallest absolute Gasteiger partial charge is 0.250 e. The Hall–Kier alpha value is -2.45. The number of rotatable bonds is 4. The molecule has 1 saturated carbocycles. The summed E-state index contributed by atoms with van der Waals surface area (Å²) in [5, 5.41) is 12.8. The molecule has 0 atom stereocenters. The number of fused-ring (bicyclic) bond motifs is 1. The number of para-hydroxylation sites is 1. The van der Waals surface area contributed by atoms with Gasteiger partial charge in [-0.3, -0.25) is 9.78 Å². The number of nitrogens with one attached hydrogen (secondary N) is 1. The number of benzene rings is 1. The van der Waals surface area contributed by atoms with Crippen molar-refractivity contribution < 1.29 is 9.53 Å². The fourth-order valence-electron chi connectivity index (χ4n) is 2.78. The first-order chi connectivity index (χ1) is 10.8. The quantitative estimate of drug-likeness (QED) is 0.940. The lowest BCUT2D eigenvalue weighted by atomic mass is 10.1. The molecule has 0 saturated heterocycles. The van der Waals surface area contributed by atoms with Gasteiger partial charge >= 0.3 is 0 Å². The Kier molecular flexibility index (Phi) is 4.31. The maximum atomic E-state index is 12.1. The summed E-state index contributed by atoms with van der Waals surface area (Å²) >= 11 is 0. The molecule has 1 aromatic carbocycles. The third kappa shape index (κ3) is 3.07. The van der Waals surface area contributed by atoms with Gasteiger partial charge in [0.15, 0.2) is 0 Å². The average molecular weight is 295 g/mol. The van der Waals surface area contributed by atoms with Gasteiger partial charge in [-0.1, -0.05) is 31.0 Å². The number of aromatic nitrogens is 1. The molecule has 1 amide bonds. The molecular formula is C17H17N3O2. The van der Waals surface area contributed by atoms with Crippen LogP contribution in [0.1, 0.15) is 31.2 Å². The molecule has 1 N–H and O–H groups in total. The van der Waals surface area contributed by atoms with Crippen LogP contribution in [0.2, 0.25) is 0 Å². The van der Waals surface area contributed by atoms with Gasteiger partial charge in [0.05, 0.1) is 22.9 Å². The van der Waals surface area contributed by atoms with Crippen molar-refractivity contribution in [1.29, 1.82) is 5.26 Å². The Bertz CT molecular complexity index is 730. The minimum absolute atomic E-state index is 0.0200. The van der Waals surface area contributed by atoms with Crippen LogP contribution < -0.4 is 5.32 Å². The molecule has 1 fully saturated rings. The van der Waals surface area contributed by atoms with E-state index >= 15 is 0 Å². The molecule has 1 heterocycles. The molecule has 0 radical (unpaired) electrons. The molecule has 3 rings (SSSR count). The lowest BCUT2D eigenvalue weighted by Crippen LogP contribution is -2.22. The van der Waals surface area contributed by atoms with Crippen molar-refractivity contribution in [2.45, 2.75) is 31.8 Å². The van der Waals surface area contributed by atoms with Gasteiger partial charge in [-0.05, 0) is 18.9 Å². The van der Waals surface area contributed by atoms with Crippen molar-refractivity contribution in [2.75, 3.05) is 11.9 Å². The van der Waals surface area contributed by atoms with Crippen LogP contribution in [0.4, 0.5) is 5.69 Å². The number of nitriles is 1. The van der Waals surface area contributed by atoms with Crippen molar-refractivity contribution >= 4 is 22.5 Å². The van der Waals surface area contributed by atoms with Crippen molar-refractivity contribution in [3.05, 3.63) is 36.0 Å². The summed E-state index contributed by atoms with van der Waals surface area (Å²) in [7, 11) is 0. The van der Waals surface area contributed by atoms with E-state index in [2.05, 4.69) is 16.4 Å². The Labute approximate surface area is 128 Å². The maximum absolute atomic E-state index is 12.1. The molecule has 1 aliphatic carbocycles. The van der Waals surface area contributed by atoms with E-state index in [-0.39, 0.29) is 18.6 Å². The number of ether oxygens (including phenoxy) is 1. The zero-order chi connectivity index (χ0) is 15.4. The normalized spacial score (nSPS) is 14.9. The van der Waals surface area contributed by atoms with Crippen LogP contribution >= 0.6 is 0 Å². The fraction of sp³-hybridized carbons (Fsp3) is 0.353. The van der Waals surface area contributed by atoms with Gasteiger partial charge in [-0.2, -0.15) is 5.26 Å². The highest BCUT2D eigenvalue weighted by atomic mass is 16.5. The maximum Gasteiger partial charge on any atom is 0.250 e. The fourth-order valence-corrected chi connectivity index (χ4v) is 2.78. The van der Waals surface area contributed by atoms with Crippen LogP contribution in [0.5, 0.6) is 0 Å². The minimum Gasteiger partial charge on any atom is -0.368 e. The first-order valence-corrected chi connectivity index (χ1v) is 7.47. The van der Waals surface area contributed by atoms with E-state index < -0.39 is 0 Å². The Balaban J connectivity index is 1.77. The number of carbonyl (C=O) groups excluding carboxylic acids is 1. The van der Waals surface area contributed by atoms with E-state index in [1.54, 1.807) is 0 Å². The van der Waals surface area contributed by atoms with Gasteiger partial charge in [-0.15, -0.1) is 0 Å². The van der Waals surface area contributed by atoms with Crippen LogP contribution in [0.3, 0.4) is 0 Å². The SMILES string of the molecule is N#Cc1cnc2ccccc2c1NC(=O)COC1CCCC1. The summed E-state index contributed by atoms with van der Waals surface area (Å²) in [6.45, 7) is 0.0200. The Morgan fingerprint density at radius 1 is 1.36 bits per heavy atom. The molecule has 112 valence electrons. The van der Waals surface area contributed by atoms with E-state index in [0.717, 1.165) is 23.7 Å². The predicted molar refractivity (Wildman–Crippen MR) is 83.3 cm³/mol. The molecule has 1 aliphatic rings. The molecule has 22 heavy (non-hydrogen) atoms. The first-order valence-electron chi connectivity index (χ1n) is 7.47. The zero-order valence-electron chi connectivity index (χ0n) is 12.2. The van der Waals surface area contributed by atoms with Gasteiger partial charge in [-0.25, -0.2) is 0 Å². The van der Waals surface area contributed by atoms with Crippen LogP contribution in [0.25, 0.3) is 10.9 Å². The number of amides is 1. The molecule has 0 bridgehead atoms. The van der Waals surface area contributed by atoms with Gasteiger partial charge in [0.25, 0.3) is 0 Å². The monoisotopic (exact) mass is 295 g/mol. The summed E-state index contributed by atoms with van der Waals surface area (Å²) in [4.78, 5) is 16.3. The summed E-state index contributed by atoms with van der Waals surface area (Å²) < 4.78 is 5.61. The zero-order valence-corrected chi connectivity index (χ0v) is 12.2. The van der Waals surface area contributed by atoms with Crippen LogP contribution in [-0.4, -0.2) is 23.6 Å². The molecule has 0 unspecified atom stereocenters. The average Bonchev–Trinajstić information content (AvgIpc) is 3.07. The number of carbonyl (C=O) groups is 1. The Morgan fingerprint density at radius 3 is 2.91 bits per heavy atom. The van der Waals surface area contributed by atoms with E-state index in [4.69, 9.17) is 4.74 Å². The number of nitrogens with zero attached hydrogens (tertiary/aromatic N) is 2. The van der Waals surface area contributed by atoms with Gasteiger partial charge in [0.1, 0.15) is 12.7 Å². The van der Waals surface area contributed by atoms with Crippen LogP contribution in [0.15, 0.2) is 30.5 Å². The topological polar surface area (TPSA) is 75.0 Å². The number of hydrogen-bond acceptors (Lipinski definition) is 4. The van der Waals surface area contributed by atoms with Crippen LogP contribution in [0, 0.1) is 11.3 Å². The lowest BCUT2D eigenvalue weighted by Gasteiger charge is -2.13.